The molecule has 12 atom stereocenters. The van der Waals surface area contributed by atoms with Crippen LogP contribution in [0, 0.1) is 10.8 Å². The van der Waals surface area contributed by atoms with E-state index >= 15 is 0 Å². The number of nitrogens with zero attached hydrogens (tertiary/aromatic N) is 8. The average Bonchev–Trinajstić information content (AvgIpc) is 1.72. The highest BCUT2D eigenvalue weighted by atomic mass is 19.4. The van der Waals surface area contributed by atoms with Gasteiger partial charge < -0.3 is 103 Å². The van der Waals surface area contributed by atoms with Gasteiger partial charge in [0.1, 0.15) is 24.2 Å². The predicted molar refractivity (Wildman–Crippen MR) is 517 cm³/mol. The molecule has 11 amide bonds. The number of benzene rings is 5. The topological polar surface area (TPSA) is 406 Å². The van der Waals surface area contributed by atoms with Gasteiger partial charge in [-0.1, -0.05) is 157 Å². The minimum absolute atomic E-state index is 0.00645. The zero-order valence-electron chi connectivity index (χ0n) is 81.6. The van der Waals surface area contributed by atoms with E-state index in [0.717, 1.165) is 86.4 Å². The smallest absolute Gasteiger partial charge is 0.471 e. The summed E-state index contributed by atoms with van der Waals surface area (Å²) < 4.78 is 40.0. The largest absolute Gasteiger partial charge is 0.481 e. The molecule has 0 spiro atoms. The number of fused-ring (bicyclic) bond motifs is 1. The van der Waals surface area contributed by atoms with Gasteiger partial charge in [-0.15, -0.1) is 0 Å². The van der Waals surface area contributed by atoms with E-state index in [2.05, 4.69) is 83.1 Å². The number of anilines is 1. The average molecular weight is 1890 g/mol. The van der Waals surface area contributed by atoms with E-state index in [1.54, 1.807) is 103 Å². The lowest BCUT2D eigenvalue weighted by Crippen LogP contribution is -2.59. The van der Waals surface area contributed by atoms with E-state index in [4.69, 9.17) is 10.8 Å². The van der Waals surface area contributed by atoms with E-state index in [9.17, 15) is 75.8 Å². The fourth-order valence-corrected chi connectivity index (χ4v) is 17.2. The van der Waals surface area contributed by atoms with Crippen LogP contribution in [-0.4, -0.2) is 332 Å². The molecule has 5 heterocycles. The Labute approximate surface area is 795 Å². The van der Waals surface area contributed by atoms with Crippen LogP contribution < -0.4 is 53.6 Å². The Hall–Kier alpha value is -10.7. The number of halogens is 3. The van der Waals surface area contributed by atoms with Crippen molar-refractivity contribution in [2.45, 2.75) is 244 Å². The molecule has 5 aliphatic rings. The van der Waals surface area contributed by atoms with Crippen LogP contribution in [0.5, 0.6) is 0 Å². The molecule has 0 unspecified atom stereocenters. The number of aliphatic hydroxyl groups excluding tert-OH is 1. The van der Waals surface area contributed by atoms with Gasteiger partial charge in [-0.25, -0.2) is 0 Å². The Bertz CT molecular complexity index is 4600. The third-order valence-corrected chi connectivity index (χ3v) is 25.9. The van der Waals surface area contributed by atoms with Crippen molar-refractivity contribution in [3.8, 4) is 0 Å². The summed E-state index contributed by atoms with van der Waals surface area (Å²) in [5.41, 5.74) is 8.48. The van der Waals surface area contributed by atoms with Gasteiger partial charge in [-0.3, -0.25) is 57.5 Å². The highest BCUT2D eigenvalue weighted by molar-refractivity contribution is 5.96. The summed E-state index contributed by atoms with van der Waals surface area (Å²) in [5.74, 6) is -5.42. The Balaban J connectivity index is 0.000000246. The molecule has 746 valence electrons. The van der Waals surface area contributed by atoms with Crippen LogP contribution in [0.3, 0.4) is 0 Å². The number of likely N-dealkylation sites (N-methyl/N-ethyl adjacent to an activating group) is 4. The monoisotopic (exact) mass is 1890 g/mol. The molecule has 5 aromatic rings. The van der Waals surface area contributed by atoms with E-state index in [1.165, 1.54) is 34.9 Å². The molecule has 0 aliphatic carbocycles. The van der Waals surface area contributed by atoms with Crippen molar-refractivity contribution in [2.24, 2.45) is 16.6 Å². The number of aliphatic hydroxyl groups is 1. The van der Waals surface area contributed by atoms with Gasteiger partial charge in [0.25, 0.3) is 5.91 Å². The van der Waals surface area contributed by atoms with Crippen molar-refractivity contribution < 1.29 is 80.9 Å². The van der Waals surface area contributed by atoms with Crippen molar-refractivity contribution in [1.82, 2.24) is 81.7 Å². The lowest BCUT2D eigenvalue weighted by atomic mass is 9.85. The maximum atomic E-state index is 13.6. The van der Waals surface area contributed by atoms with E-state index in [-0.39, 0.29) is 128 Å². The molecule has 5 aliphatic heterocycles. The maximum absolute atomic E-state index is 13.6. The summed E-state index contributed by atoms with van der Waals surface area (Å²) in [6.07, 6.45) is 5.15. The number of piperidine rings is 1. The number of likely N-dealkylation sites (tertiary alicyclic amines) is 5. The summed E-state index contributed by atoms with van der Waals surface area (Å²) >= 11 is 0. The minimum atomic E-state index is -5.06. The molecule has 5 fully saturated rings. The van der Waals surface area contributed by atoms with E-state index in [1.807, 2.05) is 122 Å². The molecule has 0 radical (unpaired) electrons. The van der Waals surface area contributed by atoms with Gasteiger partial charge in [0.15, 0.2) is 0 Å². The molecule has 0 aromatic heterocycles. The van der Waals surface area contributed by atoms with Crippen molar-refractivity contribution in [2.75, 3.05) is 138 Å². The van der Waals surface area contributed by atoms with Gasteiger partial charge in [-0.05, 0) is 209 Å². The Morgan fingerprint density at radius 1 is 0.452 bits per heavy atom. The van der Waals surface area contributed by atoms with Crippen LogP contribution in [-0.2, 0) is 65.6 Å². The summed E-state index contributed by atoms with van der Waals surface area (Å²) in [6.45, 7) is 25.6. The van der Waals surface area contributed by atoms with Gasteiger partial charge in [-0.2, -0.15) is 13.2 Å². The maximum Gasteiger partial charge on any atom is 0.471 e. The molecular formula is C100H151F3N18O14. The number of carbonyl (C=O) groups excluding carboxylic acids is 11. The summed E-state index contributed by atoms with van der Waals surface area (Å²) in [4.78, 5) is 166. The molecule has 32 nitrogen and oxygen atoms in total. The number of carboxylic acids is 1. The van der Waals surface area contributed by atoms with Crippen LogP contribution in [0.4, 0.5) is 18.9 Å². The number of hydrogen-bond donors (Lipinski definition) is 12. The summed E-state index contributed by atoms with van der Waals surface area (Å²) in [7, 11) is 6.68. The molecule has 5 aromatic carbocycles. The number of alkyl halides is 3. The summed E-state index contributed by atoms with van der Waals surface area (Å²) in [5, 5.41) is 47.4. The highest BCUT2D eigenvalue weighted by Gasteiger charge is 2.47. The summed E-state index contributed by atoms with van der Waals surface area (Å²) in [6, 6.07) is 36.6. The van der Waals surface area contributed by atoms with Crippen molar-refractivity contribution >= 4 is 87.4 Å². The molecule has 0 bridgehead atoms. The first-order valence-corrected chi connectivity index (χ1v) is 47.8. The van der Waals surface area contributed by atoms with Gasteiger partial charge in [0.2, 0.25) is 53.2 Å². The first kappa shape index (κ1) is 111. The molecule has 5 saturated heterocycles. The van der Waals surface area contributed by atoms with Crippen LogP contribution in [0.15, 0.2) is 133 Å². The molecule has 13 N–H and O–H groups in total. The zero-order chi connectivity index (χ0) is 99.3. The normalized spacial score (nSPS) is 18.6. The van der Waals surface area contributed by atoms with Crippen LogP contribution in [0.1, 0.15) is 174 Å². The van der Waals surface area contributed by atoms with Gasteiger partial charge in [0.05, 0.1) is 37.3 Å². The SMILES string of the molecule is CN[C@@H](C)C(=O)N[C@@H](CCC(=O)O)C(=O)N1CCC[C@H]1CN(CCc1ccccc1)C(=O)C(F)(F)F.CN[C@@H](C)C(=O)N[C@@H](CO)C(=O)N1CCC[C@H]1CN(CCc1ccccc1)C(=O)c1ccccc1.CN[C@@H](C)C(=O)N[C@H](C(=O)N1CCC[C@H]1CN(CCN1CCCCC1)C(=O)CN)C(C)(C)C.CN[C@@H](C)C(=O)N[C@H](C(=O)N1CCC[C@H]1CNc1ccc2ccccc2c1)C(C)(C)C. The second kappa shape index (κ2) is 54.9. The van der Waals surface area contributed by atoms with Crippen molar-refractivity contribution in [1.29, 1.82) is 0 Å². The quantitative estimate of drug-likeness (QED) is 0.0192. The molecule has 10 rings (SSSR count). The lowest BCUT2D eigenvalue weighted by Gasteiger charge is -2.38. The van der Waals surface area contributed by atoms with Crippen LogP contribution >= 0.6 is 0 Å². The second-order valence-electron chi connectivity index (χ2n) is 37.9. The van der Waals surface area contributed by atoms with Gasteiger partial charge in [0, 0.05) is 120 Å². The highest BCUT2D eigenvalue weighted by Crippen LogP contribution is 2.32. The van der Waals surface area contributed by atoms with E-state index in [0.29, 0.717) is 70.6 Å². The number of carboxylic acid groups (broad SMARTS) is 1. The second-order valence-corrected chi connectivity index (χ2v) is 37.9. The molecular weight excluding hydrogens is 1730 g/mol. The Morgan fingerprint density at radius 2 is 0.844 bits per heavy atom. The number of nitrogens with two attached hydrogens (primary N) is 1. The molecule has 135 heavy (non-hydrogen) atoms. The number of amides is 11. The van der Waals surface area contributed by atoms with Crippen LogP contribution in [0.2, 0.25) is 0 Å². The predicted octanol–water partition coefficient (Wildman–Crippen LogP) is 6.79. The van der Waals surface area contributed by atoms with Crippen molar-refractivity contribution in [3.63, 3.8) is 0 Å². The van der Waals surface area contributed by atoms with E-state index < -0.39 is 84.2 Å². The van der Waals surface area contributed by atoms with Crippen LogP contribution in [0.25, 0.3) is 10.8 Å². The Kier molecular flexibility index (Phi) is 45.3. The molecule has 0 saturated carbocycles. The third kappa shape index (κ3) is 34.8. The third-order valence-electron chi connectivity index (χ3n) is 25.9. The van der Waals surface area contributed by atoms with Gasteiger partial charge >= 0.3 is 18.1 Å². The number of aliphatic carboxylic acids is 1. The molecule has 35 heteroatoms. The Morgan fingerprint density at radius 3 is 1.28 bits per heavy atom. The fourth-order valence-electron chi connectivity index (χ4n) is 17.2. The zero-order valence-corrected chi connectivity index (χ0v) is 81.6. The number of nitrogens with one attached hydrogen (secondary N) is 9. The fraction of sp³-hybridized carbons (Fsp3) is 0.600. The lowest BCUT2D eigenvalue weighted by molar-refractivity contribution is -0.186. The minimum Gasteiger partial charge on any atom is -0.481 e. The van der Waals surface area contributed by atoms with Crippen molar-refractivity contribution in [3.05, 3.63) is 150 Å². The number of hydrogen-bond acceptors (Lipinski definition) is 20. The number of rotatable bonds is 40. The first-order chi connectivity index (χ1) is 64.2. The first-order valence-electron chi connectivity index (χ1n) is 47.8. The standard InChI is InChI=1S/C27H36N4O4.C25H36N4O2.C24H33F3N4O5.C24H46N6O3/c1-20(28-2)25(33)29-24(19-32)27(35)31-16-9-14-23(31)18-30(17-15-21-10-5-3-6-11-21)26(34)22-12-7-4-8-13-22;1-17(26-5)23(30)28-22(25(2,3)4)24(31)29-14-8-11-21(29)16-27-20-13-12-18-9-6-7-10-19(18)15-20;1-16(28-2)21(34)29-19(10-11-20(32)33)22(35)31-13-6-9-18(31)15-30(23(36)24(25,26)27)14-12-17-7-4-3-5-8-17;1-18(26-5)22(32)27-21(24(2,3)4)23(33)30-13-9-10-19(30)17-29(20(31)16-25)15-14-28-11-7-6-8-12-28/h3-8,10-13,20,23-24,28,32H,9,14-19H2,1-2H3,(H,29,33);6-7,9-10,12-13,15,17,21-22,26-27H,8,11,14,16H2,1-5H3,(H,28,30);3-5,7-8,16,18-19,28H,6,9-15H2,1-2H3,(H,29,34)(H,32,33);18-19,21,26H,6-17,25H2,1-5H3,(H,27,32)/t20-,23-,24-;17-,21-,22+;16-,18-,19-;18-,19-,21+/m0000/s1. The number of carbonyl (C=O) groups is 12.